The van der Waals surface area contributed by atoms with E-state index in [0.29, 0.717) is 5.69 Å². The van der Waals surface area contributed by atoms with Gasteiger partial charge in [-0.05, 0) is 26.0 Å². The van der Waals surface area contributed by atoms with Gasteiger partial charge < -0.3 is 20.3 Å². The topological polar surface area (TPSA) is 113 Å². The zero-order valence-electron chi connectivity index (χ0n) is 11.8. The number of anilines is 1. The van der Waals surface area contributed by atoms with E-state index in [1.807, 2.05) is 0 Å². The van der Waals surface area contributed by atoms with E-state index in [1.165, 1.54) is 19.1 Å². The predicted molar refractivity (Wildman–Crippen MR) is 75.9 cm³/mol. The van der Waals surface area contributed by atoms with Crippen molar-refractivity contribution >= 4 is 23.4 Å². The van der Waals surface area contributed by atoms with E-state index in [2.05, 4.69) is 10.1 Å². The molecule has 0 amide bonds. The van der Waals surface area contributed by atoms with Crippen molar-refractivity contribution in [2.45, 2.75) is 13.8 Å². The maximum Gasteiger partial charge on any atom is 0.353 e. The summed E-state index contributed by atoms with van der Waals surface area (Å²) in [6.07, 6.45) is 0. The van der Waals surface area contributed by atoms with Gasteiger partial charge in [0.15, 0.2) is 5.78 Å². The van der Waals surface area contributed by atoms with Crippen molar-refractivity contribution in [2.24, 2.45) is 0 Å². The Bertz CT molecular complexity index is 744. The van der Waals surface area contributed by atoms with Gasteiger partial charge in [0.25, 0.3) is 0 Å². The Kier molecular flexibility index (Phi) is 3.98. The molecule has 1 aromatic rings. The van der Waals surface area contributed by atoms with Crippen molar-refractivity contribution in [1.82, 2.24) is 0 Å². The van der Waals surface area contributed by atoms with E-state index in [-0.39, 0.29) is 17.0 Å². The summed E-state index contributed by atoms with van der Waals surface area (Å²) in [4.78, 5) is 34.6. The van der Waals surface area contributed by atoms with Crippen LogP contribution in [0.3, 0.4) is 0 Å². The first-order valence-corrected chi connectivity index (χ1v) is 6.29. The normalized spacial score (nSPS) is 17.2. The summed E-state index contributed by atoms with van der Waals surface area (Å²) in [6, 6.07) is 6.06. The summed E-state index contributed by atoms with van der Waals surface area (Å²) in [5, 5.41) is 22.2. The van der Waals surface area contributed by atoms with Crippen LogP contribution in [-0.4, -0.2) is 27.9 Å². The zero-order valence-corrected chi connectivity index (χ0v) is 11.8. The Morgan fingerprint density at radius 1 is 1.14 bits per heavy atom. The van der Waals surface area contributed by atoms with Crippen LogP contribution in [0.5, 0.6) is 5.75 Å². The first kappa shape index (κ1) is 15.3. The lowest BCUT2D eigenvalue weighted by Crippen LogP contribution is -2.29. The Balaban J connectivity index is 2.49. The summed E-state index contributed by atoms with van der Waals surface area (Å²) < 4.78 is 4.46. The van der Waals surface area contributed by atoms with E-state index in [0.717, 1.165) is 6.92 Å². The highest BCUT2D eigenvalue weighted by Crippen LogP contribution is 2.26. The van der Waals surface area contributed by atoms with Crippen molar-refractivity contribution in [3.8, 4) is 5.75 Å². The monoisotopic (exact) mass is 303 g/mol. The van der Waals surface area contributed by atoms with Gasteiger partial charge in [0.05, 0.1) is 0 Å². The predicted octanol–water partition coefficient (Wildman–Crippen LogP) is 1.56. The van der Waals surface area contributed by atoms with Crippen LogP contribution in [0, 0.1) is 0 Å². The van der Waals surface area contributed by atoms with Gasteiger partial charge in [0.2, 0.25) is 0 Å². The number of hydrogen-bond acceptors (Lipinski definition) is 7. The van der Waals surface area contributed by atoms with E-state index < -0.39 is 29.1 Å². The van der Waals surface area contributed by atoms with E-state index in [9.17, 15) is 24.6 Å². The fraction of sp³-hybridized carbons (Fsp3) is 0.133. The van der Waals surface area contributed by atoms with Crippen LogP contribution in [0.15, 0.2) is 46.9 Å². The molecule has 0 fully saturated rings. The fourth-order valence-corrected chi connectivity index (χ4v) is 2.01. The van der Waals surface area contributed by atoms with Gasteiger partial charge in [-0.3, -0.25) is 4.79 Å². The van der Waals surface area contributed by atoms with E-state index in [4.69, 9.17) is 0 Å². The fourth-order valence-electron chi connectivity index (χ4n) is 2.01. The smallest absolute Gasteiger partial charge is 0.353 e. The Morgan fingerprint density at radius 3 is 2.41 bits per heavy atom. The van der Waals surface area contributed by atoms with Crippen LogP contribution < -0.4 is 5.32 Å². The van der Waals surface area contributed by atoms with Crippen LogP contribution >= 0.6 is 0 Å². The molecule has 7 nitrogen and oxygen atoms in total. The van der Waals surface area contributed by atoms with Crippen molar-refractivity contribution in [3.63, 3.8) is 0 Å². The molecule has 0 unspecified atom stereocenters. The molecule has 1 heterocycles. The number of aliphatic hydroxyl groups excluding tert-OH is 1. The number of phenolic OH excluding ortho intramolecular Hbond substituents is 1. The number of ketones is 1. The van der Waals surface area contributed by atoms with Gasteiger partial charge in [-0.25, -0.2) is 9.59 Å². The largest absolute Gasteiger partial charge is 0.508 e. The Hall–Kier alpha value is -3.09. The molecule has 2 rings (SSSR count). The number of carbonyl (C=O) groups excluding carboxylic acids is 3. The van der Waals surface area contributed by atoms with Gasteiger partial charge in [0, 0.05) is 17.5 Å². The van der Waals surface area contributed by atoms with E-state index >= 15 is 0 Å². The molecule has 0 aromatic heterocycles. The minimum absolute atomic E-state index is 0.00777. The van der Waals surface area contributed by atoms with Gasteiger partial charge in [-0.2, -0.15) is 0 Å². The third kappa shape index (κ3) is 2.83. The number of ether oxygens (including phenoxy) is 1. The standard InChI is InChI=1S/C15H13NO6/c1-7(16-9-4-3-5-10(18)6-9)11-13(19)12(8(2)17)15(21)22-14(11)20/h3-6,16,18-19H,1-2H3/b11-7-. The molecule has 1 aliphatic rings. The van der Waals surface area contributed by atoms with Crippen molar-refractivity contribution in [1.29, 1.82) is 0 Å². The van der Waals surface area contributed by atoms with Gasteiger partial charge in [-0.15, -0.1) is 0 Å². The van der Waals surface area contributed by atoms with Crippen LogP contribution in [-0.2, 0) is 19.1 Å². The number of aliphatic hydroxyl groups is 1. The van der Waals surface area contributed by atoms with Crippen molar-refractivity contribution < 1.29 is 29.3 Å². The lowest BCUT2D eigenvalue weighted by atomic mass is 10.0. The van der Waals surface area contributed by atoms with Gasteiger partial charge >= 0.3 is 11.9 Å². The molecule has 0 saturated carbocycles. The molecular weight excluding hydrogens is 290 g/mol. The zero-order chi connectivity index (χ0) is 16.4. The molecule has 0 bridgehead atoms. The summed E-state index contributed by atoms with van der Waals surface area (Å²) in [6.45, 7) is 2.54. The molecule has 114 valence electrons. The number of rotatable bonds is 3. The quantitative estimate of drug-likeness (QED) is 0.336. The number of phenols is 1. The number of Topliss-reactive ketones (excluding diaryl/α,β-unsaturated/α-hetero) is 1. The highest BCUT2D eigenvalue weighted by Gasteiger charge is 2.36. The summed E-state index contributed by atoms with van der Waals surface area (Å²) in [5.74, 6) is -3.66. The number of hydrogen-bond donors (Lipinski definition) is 3. The summed E-state index contributed by atoms with van der Waals surface area (Å²) in [5.41, 5.74) is -0.272. The first-order chi connectivity index (χ1) is 10.3. The minimum atomic E-state index is -1.18. The van der Waals surface area contributed by atoms with Gasteiger partial charge in [0.1, 0.15) is 22.7 Å². The Labute approximate surface area is 125 Å². The number of esters is 2. The average molecular weight is 303 g/mol. The third-order valence-corrected chi connectivity index (χ3v) is 2.97. The number of benzene rings is 1. The number of nitrogens with one attached hydrogen (secondary N) is 1. The highest BCUT2D eigenvalue weighted by atomic mass is 16.6. The minimum Gasteiger partial charge on any atom is -0.508 e. The molecule has 7 heteroatoms. The summed E-state index contributed by atoms with van der Waals surface area (Å²) in [7, 11) is 0. The van der Waals surface area contributed by atoms with Crippen molar-refractivity contribution in [3.05, 3.63) is 46.9 Å². The van der Waals surface area contributed by atoms with Crippen LogP contribution in [0.25, 0.3) is 0 Å². The molecule has 0 radical (unpaired) electrons. The van der Waals surface area contributed by atoms with Crippen LogP contribution in [0.2, 0.25) is 0 Å². The molecule has 3 N–H and O–H groups in total. The second-order valence-corrected chi connectivity index (χ2v) is 4.63. The SMILES string of the molecule is CC(=O)C1=C(O)/C(=C(\C)Nc2cccc(O)c2)C(=O)OC1=O. The molecule has 1 aromatic carbocycles. The lowest BCUT2D eigenvalue weighted by molar-refractivity contribution is -0.155. The molecule has 0 saturated heterocycles. The van der Waals surface area contributed by atoms with E-state index in [1.54, 1.807) is 12.1 Å². The maximum atomic E-state index is 11.8. The molecule has 0 aliphatic carbocycles. The van der Waals surface area contributed by atoms with Crippen LogP contribution in [0.4, 0.5) is 5.69 Å². The molecular formula is C15H13NO6. The summed E-state index contributed by atoms with van der Waals surface area (Å²) >= 11 is 0. The number of cyclic esters (lactones) is 2. The molecule has 1 aliphatic heterocycles. The van der Waals surface area contributed by atoms with Gasteiger partial charge in [-0.1, -0.05) is 6.07 Å². The highest BCUT2D eigenvalue weighted by molar-refractivity contribution is 6.23. The van der Waals surface area contributed by atoms with Crippen molar-refractivity contribution in [2.75, 3.05) is 5.32 Å². The second kappa shape index (κ2) is 5.72. The lowest BCUT2D eigenvalue weighted by Gasteiger charge is -2.18. The first-order valence-electron chi connectivity index (χ1n) is 6.29. The number of aromatic hydroxyl groups is 1. The van der Waals surface area contributed by atoms with Crippen LogP contribution in [0.1, 0.15) is 13.8 Å². The number of allylic oxidation sites excluding steroid dienone is 1. The average Bonchev–Trinajstić information content (AvgIpc) is 2.37. The maximum absolute atomic E-state index is 11.8. The Morgan fingerprint density at radius 2 is 1.82 bits per heavy atom. The molecule has 0 spiro atoms. The molecule has 0 atom stereocenters. The second-order valence-electron chi connectivity index (χ2n) is 4.63. The molecule has 22 heavy (non-hydrogen) atoms. The number of carbonyl (C=O) groups is 3. The third-order valence-electron chi connectivity index (χ3n) is 2.97.